The maximum atomic E-state index is 14.1. The van der Waals surface area contributed by atoms with Crippen molar-refractivity contribution >= 4 is 41.0 Å². The molecule has 0 bridgehead atoms. The summed E-state index contributed by atoms with van der Waals surface area (Å²) in [5.74, 6) is -0.313. The largest absolute Gasteiger partial charge is 0.367 e. The Bertz CT molecular complexity index is 1750. The van der Waals surface area contributed by atoms with Gasteiger partial charge in [0.2, 0.25) is 0 Å². The fourth-order valence-electron chi connectivity index (χ4n) is 5.97. The summed E-state index contributed by atoms with van der Waals surface area (Å²) in [5.41, 5.74) is 6.51. The molecule has 1 N–H and O–H groups in total. The van der Waals surface area contributed by atoms with Crippen LogP contribution in [0.4, 0.5) is 15.8 Å². The number of hydrogen-bond acceptors (Lipinski definition) is 5. The van der Waals surface area contributed by atoms with Gasteiger partial charge in [-0.25, -0.2) is 4.39 Å². The third kappa shape index (κ3) is 7.35. The van der Waals surface area contributed by atoms with E-state index in [9.17, 15) is 14.0 Å². The summed E-state index contributed by atoms with van der Waals surface area (Å²) in [6.45, 7) is 9.44. The van der Waals surface area contributed by atoms with E-state index in [0.29, 0.717) is 29.2 Å². The Labute approximate surface area is 274 Å². The Morgan fingerprint density at radius 2 is 1.61 bits per heavy atom. The van der Waals surface area contributed by atoms with Crippen molar-refractivity contribution in [1.29, 1.82) is 0 Å². The van der Waals surface area contributed by atoms with Crippen LogP contribution in [0.2, 0.25) is 0 Å². The molecule has 0 spiro atoms. The highest BCUT2D eigenvalue weighted by Crippen LogP contribution is 2.42. The van der Waals surface area contributed by atoms with Gasteiger partial charge in [0, 0.05) is 43.2 Å². The highest BCUT2D eigenvalue weighted by molar-refractivity contribution is 8.04. The molecule has 6 rings (SSSR count). The van der Waals surface area contributed by atoms with Gasteiger partial charge in [0.25, 0.3) is 11.8 Å². The average Bonchev–Trinajstić information content (AvgIpc) is 3.07. The minimum Gasteiger partial charge on any atom is -0.367 e. The van der Waals surface area contributed by atoms with Crippen LogP contribution in [0.3, 0.4) is 0 Å². The third-order valence-electron chi connectivity index (χ3n) is 8.64. The van der Waals surface area contributed by atoms with E-state index in [0.717, 1.165) is 66.4 Å². The van der Waals surface area contributed by atoms with Crippen molar-refractivity contribution < 1.29 is 14.0 Å². The zero-order chi connectivity index (χ0) is 32.0. The summed E-state index contributed by atoms with van der Waals surface area (Å²) >= 11 is 1.48. The molecule has 1 fully saturated rings. The molecule has 6 nitrogen and oxygen atoms in total. The van der Waals surface area contributed by atoms with E-state index in [1.165, 1.54) is 23.4 Å². The number of anilines is 2. The van der Waals surface area contributed by atoms with Crippen LogP contribution in [-0.4, -0.2) is 56.0 Å². The number of fused-ring (bicyclic) bond motifs is 1. The number of rotatable bonds is 9. The lowest BCUT2D eigenvalue weighted by Gasteiger charge is -2.36. The van der Waals surface area contributed by atoms with Gasteiger partial charge < -0.3 is 15.1 Å². The SMILES string of the molecule is Cc1ccc(C)c(CN2C(=O)C(=Cc3ccc(C(=O)NCCCN4CCN(c5ccccc5F)CC4)cc3)Sc3ccccc32)c1. The molecule has 1 saturated heterocycles. The van der Waals surface area contributed by atoms with Gasteiger partial charge in [-0.3, -0.25) is 14.5 Å². The molecule has 4 aromatic rings. The van der Waals surface area contributed by atoms with E-state index in [1.54, 1.807) is 6.07 Å². The standard InChI is InChI=1S/C38H39FN4O2S/c1-27-12-13-28(2)31(24-27)26-43-34-10-5-6-11-35(34)46-36(38(43)45)25-29-14-16-30(17-15-29)37(44)40-18-7-19-41-20-22-42(23-21-41)33-9-4-3-8-32(33)39/h3-6,8-17,24-25H,7,18-23,26H2,1-2H3,(H,40,44). The monoisotopic (exact) mass is 634 g/mol. The van der Waals surface area contributed by atoms with Crippen molar-refractivity contribution in [3.05, 3.63) is 130 Å². The number of aryl methyl sites for hydroxylation is 2. The first kappa shape index (κ1) is 31.6. The van der Waals surface area contributed by atoms with Crippen molar-refractivity contribution in [3.8, 4) is 0 Å². The molecule has 0 unspecified atom stereocenters. The Balaban J connectivity index is 1.02. The summed E-state index contributed by atoms with van der Waals surface area (Å²) in [7, 11) is 0. The van der Waals surface area contributed by atoms with Gasteiger partial charge in [-0.05, 0) is 86.0 Å². The number of nitrogens with zero attached hydrogens (tertiary/aromatic N) is 3. The van der Waals surface area contributed by atoms with Crippen LogP contribution in [0.25, 0.3) is 6.08 Å². The van der Waals surface area contributed by atoms with E-state index in [1.807, 2.05) is 65.6 Å². The number of piperazine rings is 1. The van der Waals surface area contributed by atoms with Crippen LogP contribution in [0, 0.1) is 19.7 Å². The Kier molecular flexibility index (Phi) is 9.85. The molecule has 4 aromatic carbocycles. The quantitative estimate of drug-likeness (QED) is 0.158. The molecule has 0 aromatic heterocycles. The second-order valence-corrected chi connectivity index (χ2v) is 13.0. The minimum absolute atomic E-state index is 0.0277. The molecule has 0 radical (unpaired) electrons. The molecule has 2 amide bonds. The van der Waals surface area contributed by atoms with E-state index in [4.69, 9.17) is 0 Å². The number of amides is 2. The number of benzene rings is 4. The number of para-hydroxylation sites is 2. The summed E-state index contributed by atoms with van der Waals surface area (Å²) in [4.78, 5) is 34.6. The molecule has 0 atom stereocenters. The highest BCUT2D eigenvalue weighted by atomic mass is 32.2. The summed E-state index contributed by atoms with van der Waals surface area (Å²) in [6.07, 6.45) is 2.75. The molecule has 0 saturated carbocycles. The van der Waals surface area contributed by atoms with Gasteiger partial charge >= 0.3 is 0 Å². The van der Waals surface area contributed by atoms with Crippen molar-refractivity contribution in [3.63, 3.8) is 0 Å². The third-order valence-corrected chi connectivity index (χ3v) is 9.72. The fraction of sp³-hybridized carbons (Fsp3) is 0.263. The average molecular weight is 635 g/mol. The predicted octanol–water partition coefficient (Wildman–Crippen LogP) is 7.06. The summed E-state index contributed by atoms with van der Waals surface area (Å²) in [6, 6.07) is 28.7. The molecule has 2 aliphatic rings. The number of halogens is 1. The molecule has 0 aliphatic carbocycles. The minimum atomic E-state index is -0.175. The normalized spacial score (nSPS) is 16.1. The van der Waals surface area contributed by atoms with E-state index >= 15 is 0 Å². The lowest BCUT2D eigenvalue weighted by Crippen LogP contribution is -2.47. The molecule has 236 valence electrons. The van der Waals surface area contributed by atoms with E-state index in [2.05, 4.69) is 53.2 Å². The second-order valence-electron chi connectivity index (χ2n) is 11.9. The second kappa shape index (κ2) is 14.4. The van der Waals surface area contributed by atoms with Crippen LogP contribution < -0.4 is 15.1 Å². The van der Waals surface area contributed by atoms with Gasteiger partial charge in [0.15, 0.2) is 0 Å². The van der Waals surface area contributed by atoms with Crippen LogP contribution in [0.1, 0.15) is 39.0 Å². The van der Waals surface area contributed by atoms with Gasteiger partial charge in [-0.1, -0.05) is 71.9 Å². The van der Waals surface area contributed by atoms with Crippen molar-refractivity contribution in [1.82, 2.24) is 10.2 Å². The molecular weight excluding hydrogens is 596 g/mol. The van der Waals surface area contributed by atoms with Crippen molar-refractivity contribution in [2.75, 3.05) is 49.1 Å². The zero-order valence-electron chi connectivity index (χ0n) is 26.3. The zero-order valence-corrected chi connectivity index (χ0v) is 27.2. The van der Waals surface area contributed by atoms with Gasteiger partial charge in [-0.2, -0.15) is 0 Å². The van der Waals surface area contributed by atoms with Gasteiger partial charge in [0.1, 0.15) is 5.82 Å². The lowest BCUT2D eigenvalue weighted by atomic mass is 10.0. The van der Waals surface area contributed by atoms with Crippen LogP contribution in [-0.2, 0) is 11.3 Å². The van der Waals surface area contributed by atoms with Crippen molar-refractivity contribution in [2.45, 2.75) is 31.7 Å². The molecule has 8 heteroatoms. The maximum absolute atomic E-state index is 14.1. The van der Waals surface area contributed by atoms with Crippen LogP contribution >= 0.6 is 11.8 Å². The predicted molar refractivity (Wildman–Crippen MR) is 186 cm³/mol. The van der Waals surface area contributed by atoms with Crippen molar-refractivity contribution in [2.24, 2.45) is 0 Å². The van der Waals surface area contributed by atoms with Gasteiger partial charge in [-0.15, -0.1) is 0 Å². The molecule has 46 heavy (non-hydrogen) atoms. The highest BCUT2D eigenvalue weighted by Gasteiger charge is 2.29. The first-order valence-corrected chi connectivity index (χ1v) is 16.6. The Hall–Kier alpha value is -4.40. The van der Waals surface area contributed by atoms with E-state index < -0.39 is 0 Å². The van der Waals surface area contributed by atoms with Crippen LogP contribution in [0.5, 0.6) is 0 Å². The smallest absolute Gasteiger partial charge is 0.265 e. The number of nitrogens with one attached hydrogen (secondary N) is 1. The molecule has 2 heterocycles. The Morgan fingerprint density at radius 1 is 0.891 bits per heavy atom. The lowest BCUT2D eigenvalue weighted by molar-refractivity contribution is -0.114. The first-order valence-electron chi connectivity index (χ1n) is 15.8. The Morgan fingerprint density at radius 3 is 2.37 bits per heavy atom. The maximum Gasteiger partial charge on any atom is 0.265 e. The summed E-state index contributed by atoms with van der Waals surface area (Å²) in [5, 5.41) is 3.03. The first-order chi connectivity index (χ1) is 22.4. The number of thioether (sulfide) groups is 1. The summed E-state index contributed by atoms with van der Waals surface area (Å²) < 4.78 is 14.1. The fourth-order valence-corrected chi connectivity index (χ4v) is 7.03. The number of carbonyl (C=O) groups is 2. The molecular formula is C38H39FN4O2S. The van der Waals surface area contributed by atoms with Crippen LogP contribution in [0.15, 0.2) is 101 Å². The van der Waals surface area contributed by atoms with E-state index in [-0.39, 0.29) is 17.6 Å². The van der Waals surface area contributed by atoms with Gasteiger partial charge in [0.05, 0.1) is 22.8 Å². The number of hydrogen-bond donors (Lipinski definition) is 1. The number of carbonyl (C=O) groups excluding carboxylic acids is 2. The topological polar surface area (TPSA) is 55.9 Å². The molecule has 2 aliphatic heterocycles.